The van der Waals surface area contributed by atoms with Gasteiger partial charge in [-0.3, -0.25) is 9.59 Å². The predicted octanol–water partition coefficient (Wildman–Crippen LogP) is 1.90. The van der Waals surface area contributed by atoms with Gasteiger partial charge in [0.05, 0.1) is 17.3 Å². The number of aromatic nitrogens is 3. The van der Waals surface area contributed by atoms with Crippen LogP contribution in [0.15, 0.2) is 30.3 Å². The van der Waals surface area contributed by atoms with E-state index in [9.17, 15) is 14.7 Å². The highest BCUT2D eigenvalue weighted by molar-refractivity contribution is 5.94. The summed E-state index contributed by atoms with van der Waals surface area (Å²) in [7, 11) is 0. The number of amides is 1. The Bertz CT molecular complexity index is 756. The lowest BCUT2D eigenvalue weighted by molar-refractivity contribution is -0.143. The molecule has 1 aliphatic heterocycles. The molecule has 0 spiro atoms. The van der Waals surface area contributed by atoms with Crippen molar-refractivity contribution in [3.8, 4) is 5.69 Å². The minimum absolute atomic E-state index is 0.00521. The number of nitrogens with zero attached hydrogens (tertiary/aromatic N) is 4. The highest BCUT2D eigenvalue weighted by atomic mass is 16.4. The van der Waals surface area contributed by atoms with E-state index < -0.39 is 11.9 Å². The molecule has 0 aliphatic carbocycles. The number of aliphatic carboxylic acids is 1. The van der Waals surface area contributed by atoms with Crippen molar-refractivity contribution in [1.82, 2.24) is 19.9 Å². The van der Waals surface area contributed by atoms with E-state index in [2.05, 4.69) is 10.3 Å². The van der Waals surface area contributed by atoms with Gasteiger partial charge in [0, 0.05) is 12.6 Å². The molecule has 24 heavy (non-hydrogen) atoms. The molecule has 2 heterocycles. The van der Waals surface area contributed by atoms with E-state index in [1.807, 2.05) is 37.3 Å². The molecule has 1 aliphatic rings. The molecule has 1 fully saturated rings. The van der Waals surface area contributed by atoms with Crippen molar-refractivity contribution in [3.05, 3.63) is 41.7 Å². The molecule has 1 aromatic carbocycles. The van der Waals surface area contributed by atoms with E-state index in [-0.39, 0.29) is 24.2 Å². The molecule has 0 saturated carbocycles. The number of rotatable bonds is 3. The van der Waals surface area contributed by atoms with Crippen molar-refractivity contribution < 1.29 is 14.7 Å². The van der Waals surface area contributed by atoms with Crippen LogP contribution in [0.5, 0.6) is 0 Å². The number of carbonyl (C=O) groups excluding carboxylic acids is 1. The van der Waals surface area contributed by atoms with Gasteiger partial charge in [-0.1, -0.05) is 23.4 Å². The topological polar surface area (TPSA) is 88.3 Å². The SMILES string of the molecule is Cc1c(C(=O)N2CC(C(=O)O)CCC2C)nnn1-c1ccccc1. The number of para-hydroxylation sites is 1. The number of carboxylic acid groups (broad SMARTS) is 1. The molecule has 1 N–H and O–H groups in total. The summed E-state index contributed by atoms with van der Waals surface area (Å²) in [5, 5.41) is 17.4. The number of hydrogen-bond acceptors (Lipinski definition) is 4. The van der Waals surface area contributed by atoms with Crippen LogP contribution in [0.1, 0.15) is 35.9 Å². The normalized spacial score (nSPS) is 20.8. The molecule has 3 rings (SSSR count). The molecule has 0 radical (unpaired) electrons. The van der Waals surface area contributed by atoms with Gasteiger partial charge in [-0.25, -0.2) is 4.68 Å². The summed E-state index contributed by atoms with van der Waals surface area (Å²) < 4.78 is 1.62. The lowest BCUT2D eigenvalue weighted by Crippen LogP contribution is -2.47. The molecule has 2 atom stereocenters. The van der Waals surface area contributed by atoms with Crippen molar-refractivity contribution in [3.63, 3.8) is 0 Å². The molecule has 126 valence electrons. The lowest BCUT2D eigenvalue weighted by atomic mass is 9.93. The first-order valence-corrected chi connectivity index (χ1v) is 8.00. The molecule has 7 nitrogen and oxygen atoms in total. The van der Waals surface area contributed by atoms with Gasteiger partial charge in [-0.2, -0.15) is 0 Å². The van der Waals surface area contributed by atoms with Gasteiger partial charge >= 0.3 is 5.97 Å². The Hall–Kier alpha value is -2.70. The van der Waals surface area contributed by atoms with Crippen molar-refractivity contribution in [2.75, 3.05) is 6.54 Å². The second kappa shape index (κ2) is 6.43. The molecule has 2 unspecified atom stereocenters. The van der Waals surface area contributed by atoms with Gasteiger partial charge in [0.15, 0.2) is 5.69 Å². The smallest absolute Gasteiger partial charge is 0.308 e. The Morgan fingerprint density at radius 1 is 1.21 bits per heavy atom. The average molecular weight is 328 g/mol. The van der Waals surface area contributed by atoms with Crippen LogP contribution >= 0.6 is 0 Å². The summed E-state index contributed by atoms with van der Waals surface area (Å²) in [6.45, 7) is 3.95. The number of carbonyl (C=O) groups is 2. The van der Waals surface area contributed by atoms with Crippen LogP contribution in [-0.2, 0) is 4.79 Å². The largest absolute Gasteiger partial charge is 0.481 e. The van der Waals surface area contributed by atoms with E-state index in [1.165, 1.54) is 0 Å². The highest BCUT2D eigenvalue weighted by Gasteiger charge is 2.34. The van der Waals surface area contributed by atoms with E-state index in [4.69, 9.17) is 0 Å². The van der Waals surface area contributed by atoms with Gasteiger partial charge < -0.3 is 10.0 Å². The summed E-state index contributed by atoms with van der Waals surface area (Å²) in [4.78, 5) is 25.7. The molecule has 1 saturated heterocycles. The minimum atomic E-state index is -0.857. The first kappa shape index (κ1) is 16.2. The first-order chi connectivity index (χ1) is 11.5. The zero-order valence-electron chi connectivity index (χ0n) is 13.7. The summed E-state index contributed by atoms with van der Waals surface area (Å²) >= 11 is 0. The Morgan fingerprint density at radius 2 is 1.92 bits per heavy atom. The van der Waals surface area contributed by atoms with Gasteiger partial charge in [0.1, 0.15) is 0 Å². The average Bonchev–Trinajstić information content (AvgIpc) is 2.97. The zero-order chi connectivity index (χ0) is 17.3. The van der Waals surface area contributed by atoms with Gasteiger partial charge in [-0.15, -0.1) is 5.10 Å². The van der Waals surface area contributed by atoms with E-state index in [0.717, 1.165) is 5.69 Å². The molecular formula is C17H20N4O3. The number of hydrogen-bond donors (Lipinski definition) is 1. The first-order valence-electron chi connectivity index (χ1n) is 8.00. The number of carboxylic acids is 1. The fraction of sp³-hybridized carbons (Fsp3) is 0.412. The molecule has 1 aromatic heterocycles. The predicted molar refractivity (Wildman–Crippen MR) is 87.0 cm³/mol. The Balaban J connectivity index is 1.87. The van der Waals surface area contributed by atoms with Gasteiger partial charge in [0.25, 0.3) is 5.91 Å². The van der Waals surface area contributed by atoms with Crippen LogP contribution in [0.3, 0.4) is 0 Å². The second-order valence-corrected chi connectivity index (χ2v) is 6.19. The third kappa shape index (κ3) is 2.89. The number of likely N-dealkylation sites (tertiary alicyclic amines) is 1. The molecular weight excluding hydrogens is 308 g/mol. The van der Waals surface area contributed by atoms with Crippen LogP contribution in [0.4, 0.5) is 0 Å². The second-order valence-electron chi connectivity index (χ2n) is 6.19. The molecule has 7 heteroatoms. The maximum absolute atomic E-state index is 12.9. The van der Waals surface area contributed by atoms with E-state index in [1.54, 1.807) is 16.5 Å². The summed E-state index contributed by atoms with van der Waals surface area (Å²) in [6, 6.07) is 9.46. The van der Waals surface area contributed by atoms with Crippen molar-refractivity contribution in [1.29, 1.82) is 0 Å². The molecule has 1 amide bonds. The Kier molecular flexibility index (Phi) is 4.33. The highest BCUT2D eigenvalue weighted by Crippen LogP contribution is 2.24. The fourth-order valence-corrected chi connectivity index (χ4v) is 3.07. The molecule has 0 bridgehead atoms. The Labute approximate surface area is 139 Å². The van der Waals surface area contributed by atoms with Crippen LogP contribution in [0.2, 0.25) is 0 Å². The van der Waals surface area contributed by atoms with Crippen LogP contribution in [0, 0.1) is 12.8 Å². The quantitative estimate of drug-likeness (QED) is 0.929. The monoisotopic (exact) mass is 328 g/mol. The zero-order valence-corrected chi connectivity index (χ0v) is 13.7. The van der Waals surface area contributed by atoms with Crippen molar-refractivity contribution in [2.24, 2.45) is 5.92 Å². The van der Waals surface area contributed by atoms with Gasteiger partial charge in [0.2, 0.25) is 0 Å². The lowest BCUT2D eigenvalue weighted by Gasteiger charge is -2.36. The third-order valence-electron chi connectivity index (χ3n) is 4.59. The molecule has 2 aromatic rings. The Morgan fingerprint density at radius 3 is 2.58 bits per heavy atom. The third-order valence-corrected chi connectivity index (χ3v) is 4.59. The van der Waals surface area contributed by atoms with Crippen molar-refractivity contribution in [2.45, 2.75) is 32.7 Å². The number of benzene rings is 1. The summed E-state index contributed by atoms with van der Waals surface area (Å²) in [5.41, 5.74) is 1.75. The van der Waals surface area contributed by atoms with Crippen LogP contribution in [0.25, 0.3) is 5.69 Å². The van der Waals surface area contributed by atoms with Crippen LogP contribution < -0.4 is 0 Å². The van der Waals surface area contributed by atoms with Gasteiger partial charge in [-0.05, 0) is 38.8 Å². The minimum Gasteiger partial charge on any atom is -0.481 e. The van der Waals surface area contributed by atoms with E-state index >= 15 is 0 Å². The number of piperidine rings is 1. The van der Waals surface area contributed by atoms with Crippen LogP contribution in [-0.4, -0.2) is 49.5 Å². The van der Waals surface area contributed by atoms with Crippen molar-refractivity contribution >= 4 is 11.9 Å². The fourth-order valence-electron chi connectivity index (χ4n) is 3.07. The maximum atomic E-state index is 12.9. The summed E-state index contributed by atoms with van der Waals surface area (Å²) in [5.74, 6) is -1.63. The van der Waals surface area contributed by atoms with E-state index in [0.29, 0.717) is 18.5 Å². The maximum Gasteiger partial charge on any atom is 0.308 e. The standard InChI is InChI=1S/C17H20N4O3/c1-11-8-9-13(17(23)24)10-20(11)16(22)15-12(2)21(19-18-15)14-6-4-3-5-7-14/h3-7,11,13H,8-10H2,1-2H3,(H,23,24). The summed E-state index contributed by atoms with van der Waals surface area (Å²) in [6.07, 6.45) is 1.27.